The maximum Gasteiger partial charge on any atom is 0.338 e. The number of fused-ring (bicyclic) bond motifs is 3. The van der Waals surface area contributed by atoms with Gasteiger partial charge in [-0.3, -0.25) is 5.32 Å². The number of carbonyl (C=O) groups excluding carboxylic acids is 2. The molecule has 3 aromatic carbocycles. The van der Waals surface area contributed by atoms with Crippen LogP contribution in [0.2, 0.25) is 10.0 Å². The Balaban J connectivity index is 0.00000504. The third kappa shape index (κ3) is 9.38. The Morgan fingerprint density at radius 3 is 2.22 bits per heavy atom. The van der Waals surface area contributed by atoms with E-state index < -0.39 is 18.1 Å². The highest BCUT2D eigenvalue weighted by molar-refractivity contribution is 6.35. The summed E-state index contributed by atoms with van der Waals surface area (Å²) in [7, 11) is 3.10. The summed E-state index contributed by atoms with van der Waals surface area (Å²) in [4.78, 5) is 32.3. The van der Waals surface area contributed by atoms with E-state index in [-0.39, 0.29) is 17.9 Å². The van der Waals surface area contributed by atoms with Gasteiger partial charge in [0.15, 0.2) is 23.9 Å². The number of hydrogen-bond donors (Lipinski definition) is 1. The molecule has 3 aliphatic rings. The van der Waals surface area contributed by atoms with Crippen LogP contribution in [-0.2, 0) is 27.2 Å². The molecular weight excluding hydrogens is 693 g/mol. The molecule has 3 aliphatic heterocycles. The van der Waals surface area contributed by atoms with Crippen LogP contribution in [-0.4, -0.2) is 62.8 Å². The van der Waals surface area contributed by atoms with Crippen LogP contribution in [0.15, 0.2) is 85.2 Å². The summed E-state index contributed by atoms with van der Waals surface area (Å²) in [6.07, 6.45) is 5.11. The molecule has 10 nitrogen and oxygen atoms in total. The number of carbonyl (C=O) groups is 2. The van der Waals surface area contributed by atoms with Gasteiger partial charge in [0.05, 0.1) is 26.4 Å². The summed E-state index contributed by atoms with van der Waals surface area (Å²) < 4.78 is 22.9. The van der Waals surface area contributed by atoms with E-state index in [1.165, 1.54) is 12.8 Å². The lowest BCUT2D eigenvalue weighted by atomic mass is 9.79. The van der Waals surface area contributed by atoms with Crippen molar-refractivity contribution in [2.75, 3.05) is 40.5 Å². The fraction of sp³-hybridized carbons (Fsp3) is 0.359. The summed E-state index contributed by atoms with van der Waals surface area (Å²) in [5, 5.41) is 4.23. The Kier molecular flexibility index (Phi) is 13.3. The van der Waals surface area contributed by atoms with Gasteiger partial charge in [-0.15, -0.1) is 0 Å². The molecular formula is C39H43Cl2N3O7. The zero-order valence-corrected chi connectivity index (χ0v) is 30.2. The van der Waals surface area contributed by atoms with Gasteiger partial charge in [0, 0.05) is 31.0 Å². The molecule has 0 radical (unpaired) electrons. The molecule has 3 N–H and O–H groups in total. The van der Waals surface area contributed by atoms with Gasteiger partial charge < -0.3 is 29.3 Å². The third-order valence-corrected chi connectivity index (χ3v) is 10.4. The molecule has 4 aromatic rings. The maximum atomic E-state index is 13.5. The second-order valence-corrected chi connectivity index (χ2v) is 13.6. The number of rotatable bonds is 14. The van der Waals surface area contributed by atoms with Crippen molar-refractivity contribution in [2.24, 2.45) is 11.8 Å². The van der Waals surface area contributed by atoms with Crippen LogP contribution in [0, 0.1) is 11.8 Å². The first kappa shape index (κ1) is 38.1. The van der Waals surface area contributed by atoms with Gasteiger partial charge in [0.1, 0.15) is 22.2 Å². The molecule has 3 fully saturated rings. The predicted molar refractivity (Wildman–Crippen MR) is 192 cm³/mol. The molecule has 1 unspecified atom stereocenters. The number of esters is 2. The molecule has 4 heterocycles. The molecule has 0 aliphatic carbocycles. The van der Waals surface area contributed by atoms with Crippen molar-refractivity contribution < 1.29 is 39.0 Å². The first-order valence-corrected chi connectivity index (χ1v) is 17.6. The van der Waals surface area contributed by atoms with Crippen molar-refractivity contribution in [3.05, 3.63) is 123 Å². The average Bonchev–Trinajstić information content (AvgIpc) is 3.16. The highest BCUT2D eigenvalue weighted by Gasteiger charge is 2.35. The van der Waals surface area contributed by atoms with E-state index in [9.17, 15) is 9.59 Å². The number of benzene rings is 3. The molecule has 2 bridgehead atoms. The van der Waals surface area contributed by atoms with Gasteiger partial charge in [-0.05, 0) is 72.8 Å². The maximum absolute atomic E-state index is 13.5. The lowest BCUT2D eigenvalue weighted by Crippen LogP contribution is -2.49. The number of ether oxygens (including phenoxy) is 4. The summed E-state index contributed by atoms with van der Waals surface area (Å²) >= 11 is 13.0. The van der Waals surface area contributed by atoms with E-state index >= 15 is 0 Å². The summed E-state index contributed by atoms with van der Waals surface area (Å²) in [5.74, 6) is 1.26. The van der Waals surface area contributed by atoms with E-state index in [0.717, 1.165) is 30.8 Å². The van der Waals surface area contributed by atoms with Gasteiger partial charge in [-0.1, -0.05) is 71.7 Å². The van der Waals surface area contributed by atoms with Gasteiger partial charge in [0.2, 0.25) is 0 Å². The average molecular weight is 737 g/mol. The van der Waals surface area contributed by atoms with Crippen molar-refractivity contribution in [2.45, 2.75) is 38.0 Å². The monoisotopic (exact) mass is 735 g/mol. The number of aromatic amines is 1. The van der Waals surface area contributed by atoms with E-state index in [1.807, 2.05) is 48.5 Å². The Labute approximate surface area is 308 Å². The number of piperidine rings is 3. The largest absolute Gasteiger partial charge is 0.870 e. The Morgan fingerprint density at radius 1 is 0.902 bits per heavy atom. The molecule has 12 heteroatoms. The van der Waals surface area contributed by atoms with Gasteiger partial charge >= 0.3 is 11.9 Å². The van der Waals surface area contributed by atoms with Crippen LogP contribution >= 0.6 is 23.2 Å². The normalized spacial score (nSPS) is 18.9. The fourth-order valence-electron chi connectivity index (χ4n) is 6.84. The number of aromatic nitrogens is 1. The Hall–Kier alpha value is -4.19. The van der Waals surface area contributed by atoms with Crippen molar-refractivity contribution in [3.63, 3.8) is 0 Å². The minimum absolute atomic E-state index is 0. The van der Waals surface area contributed by atoms with E-state index in [4.69, 9.17) is 42.1 Å². The van der Waals surface area contributed by atoms with Crippen LogP contribution in [0.3, 0.4) is 0 Å². The number of H-pyrrole nitrogens is 1. The smallest absolute Gasteiger partial charge is 0.338 e. The fourth-order valence-corrected chi connectivity index (χ4v) is 7.38. The van der Waals surface area contributed by atoms with E-state index in [2.05, 4.69) is 15.2 Å². The molecule has 0 spiro atoms. The summed E-state index contributed by atoms with van der Waals surface area (Å²) in [6, 6.07) is 21.4. The van der Waals surface area contributed by atoms with Crippen LogP contribution in [0.25, 0.3) is 0 Å². The summed E-state index contributed by atoms with van der Waals surface area (Å²) in [6.45, 7) is 4.12. The molecule has 3 saturated heterocycles. The van der Waals surface area contributed by atoms with E-state index in [0.29, 0.717) is 63.2 Å². The zero-order valence-electron chi connectivity index (χ0n) is 28.6. The van der Waals surface area contributed by atoms with Crippen LogP contribution in [0.1, 0.15) is 57.6 Å². The number of methoxy groups -OCH3 is 2. The van der Waals surface area contributed by atoms with Gasteiger partial charge in [-0.2, -0.15) is 0 Å². The topological polar surface area (TPSA) is 130 Å². The summed E-state index contributed by atoms with van der Waals surface area (Å²) in [5.41, 5.74) is 3.42. The molecule has 7 rings (SSSR count). The molecule has 0 amide bonds. The van der Waals surface area contributed by atoms with Crippen LogP contribution in [0.4, 0.5) is 0 Å². The third-order valence-electron chi connectivity index (χ3n) is 9.71. The lowest BCUT2D eigenvalue weighted by molar-refractivity contribution is -0.377. The van der Waals surface area contributed by atoms with Crippen molar-refractivity contribution in [1.82, 2.24) is 10.2 Å². The second kappa shape index (κ2) is 17.8. The zero-order chi connectivity index (χ0) is 35.0. The van der Waals surface area contributed by atoms with Crippen molar-refractivity contribution >= 4 is 35.1 Å². The standard InChI is InChI=1S/C39H41Cl2N3O6.H2O/c1-47-34-13-12-29(18-36(34)48-2)35(19-31-32(40)21-42-22-33(31)41)50-38(45)28-10-8-25(9-11-28)20-43-37(27-6-4-3-5-7-27)39(46)49-24-30-23-44-16-14-26(30)15-17-44;/h3-13,18,21-22,26,30,35,37,43H,14-17,19-20,23-24H2,1-2H3;1H2/t30-,35-,37?;/m0./s1. The van der Waals surface area contributed by atoms with Crippen molar-refractivity contribution in [3.8, 4) is 11.5 Å². The second-order valence-electron chi connectivity index (χ2n) is 12.8. The lowest BCUT2D eigenvalue weighted by Gasteiger charge is -2.44. The van der Waals surface area contributed by atoms with E-state index in [1.54, 1.807) is 50.9 Å². The number of nitrogens with zero attached hydrogens (tertiary/aromatic N) is 1. The SMILES string of the molecule is COc1ccc([C@H](Cc2c(Cl)c[nH+]cc2Cl)OC(=O)c2ccc(CNC(C(=O)OC[C@@H]3CN4CCC3CC4)c3ccccc3)cc2)cc1OC.[OH-]. The van der Waals surface area contributed by atoms with Crippen LogP contribution < -0.4 is 19.8 Å². The number of hydrogen-bond acceptors (Lipinski definition) is 9. The first-order chi connectivity index (χ1) is 24.3. The minimum Gasteiger partial charge on any atom is -0.870 e. The number of nitrogens with one attached hydrogen (secondary N) is 2. The quantitative estimate of drug-likeness (QED) is 0.144. The molecule has 51 heavy (non-hydrogen) atoms. The van der Waals surface area contributed by atoms with Gasteiger partial charge in [-0.25, -0.2) is 14.6 Å². The minimum atomic E-state index is -0.736. The van der Waals surface area contributed by atoms with Crippen molar-refractivity contribution in [1.29, 1.82) is 0 Å². The Bertz CT molecular complexity index is 1750. The molecule has 0 saturated carbocycles. The predicted octanol–water partition coefficient (Wildman–Crippen LogP) is 6.50. The molecule has 3 atom stereocenters. The molecule has 1 aromatic heterocycles. The van der Waals surface area contributed by atoms with Crippen LogP contribution in [0.5, 0.6) is 11.5 Å². The number of halogens is 2. The Morgan fingerprint density at radius 2 is 1.59 bits per heavy atom. The van der Waals surface area contributed by atoms with Gasteiger partial charge in [0.25, 0.3) is 0 Å². The number of pyridine rings is 1. The molecule has 270 valence electrons. The first-order valence-electron chi connectivity index (χ1n) is 16.9. The highest BCUT2D eigenvalue weighted by Crippen LogP contribution is 2.36. The highest BCUT2D eigenvalue weighted by atomic mass is 35.5.